The number of hydrogen-bond acceptors (Lipinski definition) is 5. The lowest BCUT2D eigenvalue weighted by Gasteiger charge is -2.38. The number of carbonyl (C=O) groups excluding carboxylic acids is 2. The molecule has 0 aromatic heterocycles. The molecule has 0 bridgehead atoms. The van der Waals surface area contributed by atoms with Crippen LogP contribution in [0.3, 0.4) is 0 Å². The van der Waals surface area contributed by atoms with Gasteiger partial charge in [0.25, 0.3) is 0 Å². The first kappa shape index (κ1) is 21.0. The van der Waals surface area contributed by atoms with E-state index in [1.165, 1.54) is 0 Å². The Bertz CT molecular complexity index is 1050. The molecule has 0 saturated carbocycles. The molecule has 1 amide bonds. The van der Waals surface area contributed by atoms with Gasteiger partial charge in [0.1, 0.15) is 0 Å². The molecule has 31 heavy (non-hydrogen) atoms. The molecule has 6 heteroatoms. The molecule has 0 saturated heterocycles. The third kappa shape index (κ3) is 3.67. The second-order valence-electron chi connectivity index (χ2n) is 7.92. The summed E-state index contributed by atoms with van der Waals surface area (Å²) in [4.78, 5) is 28.2. The number of carbonyl (C=O) groups is 2. The van der Waals surface area contributed by atoms with E-state index in [0.717, 1.165) is 34.5 Å². The molecule has 2 aromatic carbocycles. The standard InChI is InChI=1S/C25H27NO5/c1-15-7-5-8-17(11-15)26-19-9-6-10-20(27)24(19)18(14-23(26)28)16-12-21(29-2)25(31-4)22(13-16)30-3/h5,7-8,11-13,18H,6,9-10,14H2,1-4H3/t18-/m1/s1. The van der Waals surface area contributed by atoms with E-state index in [1.54, 1.807) is 26.2 Å². The molecular weight excluding hydrogens is 394 g/mol. The van der Waals surface area contributed by atoms with E-state index in [9.17, 15) is 9.59 Å². The highest BCUT2D eigenvalue weighted by Gasteiger charge is 2.40. The molecule has 2 aliphatic rings. The van der Waals surface area contributed by atoms with Gasteiger partial charge in [0, 0.05) is 35.7 Å². The molecule has 4 rings (SSSR count). The quantitative estimate of drug-likeness (QED) is 0.709. The lowest BCUT2D eigenvalue weighted by atomic mass is 9.77. The minimum Gasteiger partial charge on any atom is -0.493 e. The van der Waals surface area contributed by atoms with Gasteiger partial charge in [0.2, 0.25) is 11.7 Å². The van der Waals surface area contributed by atoms with Crippen molar-refractivity contribution in [1.29, 1.82) is 0 Å². The average molecular weight is 421 g/mol. The van der Waals surface area contributed by atoms with Crippen LogP contribution in [0.1, 0.15) is 42.7 Å². The van der Waals surface area contributed by atoms with Crippen molar-refractivity contribution in [3.8, 4) is 17.2 Å². The highest BCUT2D eigenvalue weighted by molar-refractivity contribution is 6.07. The van der Waals surface area contributed by atoms with E-state index in [-0.39, 0.29) is 24.0 Å². The molecular formula is C25H27NO5. The fraction of sp³-hybridized carbons (Fsp3) is 0.360. The van der Waals surface area contributed by atoms with Crippen molar-refractivity contribution in [2.45, 2.75) is 38.5 Å². The highest BCUT2D eigenvalue weighted by Crippen LogP contribution is 2.47. The summed E-state index contributed by atoms with van der Waals surface area (Å²) in [5.74, 6) is 1.25. The summed E-state index contributed by atoms with van der Waals surface area (Å²) in [5.41, 5.74) is 4.24. The van der Waals surface area contributed by atoms with Crippen LogP contribution in [0.15, 0.2) is 47.7 Å². The number of Topliss-reactive ketones (excluding diaryl/α,β-unsaturated/α-hetero) is 1. The van der Waals surface area contributed by atoms with Gasteiger partial charge in [0.05, 0.1) is 21.3 Å². The zero-order chi connectivity index (χ0) is 22.1. The Labute approximate surface area is 182 Å². The molecule has 1 heterocycles. The first-order valence-electron chi connectivity index (χ1n) is 10.4. The summed E-state index contributed by atoms with van der Waals surface area (Å²) in [6.07, 6.45) is 2.14. The number of hydrogen-bond donors (Lipinski definition) is 0. The van der Waals surface area contributed by atoms with Crippen LogP contribution in [-0.4, -0.2) is 33.0 Å². The molecule has 6 nitrogen and oxygen atoms in total. The lowest BCUT2D eigenvalue weighted by Crippen LogP contribution is -2.40. The Balaban J connectivity index is 1.88. The van der Waals surface area contributed by atoms with Gasteiger partial charge in [0.15, 0.2) is 17.3 Å². The largest absolute Gasteiger partial charge is 0.493 e. The maximum absolute atomic E-state index is 13.4. The number of benzene rings is 2. The van der Waals surface area contributed by atoms with E-state index in [4.69, 9.17) is 14.2 Å². The Morgan fingerprint density at radius 3 is 2.26 bits per heavy atom. The zero-order valence-electron chi connectivity index (χ0n) is 18.4. The summed E-state index contributed by atoms with van der Waals surface area (Å²) in [6, 6.07) is 11.5. The van der Waals surface area contributed by atoms with Gasteiger partial charge in [-0.1, -0.05) is 12.1 Å². The third-order valence-electron chi connectivity index (χ3n) is 6.02. The van der Waals surface area contributed by atoms with Crippen LogP contribution in [0.2, 0.25) is 0 Å². The summed E-state index contributed by atoms with van der Waals surface area (Å²) < 4.78 is 16.4. The molecule has 0 radical (unpaired) electrons. The summed E-state index contributed by atoms with van der Waals surface area (Å²) in [5, 5.41) is 0. The minimum absolute atomic E-state index is 0.0159. The van der Waals surface area contributed by atoms with Gasteiger partial charge in [-0.2, -0.15) is 0 Å². The Kier molecular flexibility index (Phi) is 5.72. The van der Waals surface area contributed by atoms with Crippen molar-refractivity contribution < 1.29 is 23.8 Å². The number of anilines is 1. The number of allylic oxidation sites excluding steroid dienone is 2. The molecule has 0 unspecified atom stereocenters. The number of methoxy groups -OCH3 is 3. The van der Waals surface area contributed by atoms with Crippen molar-refractivity contribution in [1.82, 2.24) is 0 Å². The van der Waals surface area contributed by atoms with Crippen LogP contribution < -0.4 is 19.1 Å². The molecule has 1 aliphatic heterocycles. The minimum atomic E-state index is -0.343. The first-order valence-corrected chi connectivity index (χ1v) is 10.4. The number of aryl methyl sites for hydroxylation is 1. The van der Waals surface area contributed by atoms with Gasteiger partial charge in [-0.25, -0.2) is 0 Å². The third-order valence-corrected chi connectivity index (χ3v) is 6.02. The fourth-order valence-corrected chi connectivity index (χ4v) is 4.65. The van der Waals surface area contributed by atoms with Crippen molar-refractivity contribution in [2.24, 2.45) is 0 Å². The molecule has 2 aromatic rings. The van der Waals surface area contributed by atoms with E-state index >= 15 is 0 Å². The molecule has 162 valence electrons. The molecule has 0 N–H and O–H groups in total. The van der Waals surface area contributed by atoms with E-state index in [2.05, 4.69) is 0 Å². The van der Waals surface area contributed by atoms with E-state index < -0.39 is 0 Å². The van der Waals surface area contributed by atoms with E-state index in [0.29, 0.717) is 30.1 Å². The van der Waals surface area contributed by atoms with Crippen LogP contribution in [0, 0.1) is 6.92 Å². The van der Waals surface area contributed by atoms with Crippen molar-refractivity contribution in [3.63, 3.8) is 0 Å². The lowest BCUT2D eigenvalue weighted by molar-refractivity contribution is -0.119. The van der Waals surface area contributed by atoms with Gasteiger partial charge < -0.3 is 14.2 Å². The highest BCUT2D eigenvalue weighted by atomic mass is 16.5. The number of ketones is 1. The summed E-state index contributed by atoms with van der Waals surface area (Å²) in [7, 11) is 4.67. The number of ether oxygens (including phenoxy) is 3. The van der Waals surface area contributed by atoms with E-state index in [1.807, 2.05) is 43.3 Å². The van der Waals surface area contributed by atoms with Gasteiger partial charge >= 0.3 is 0 Å². The number of amides is 1. The van der Waals surface area contributed by atoms with Crippen LogP contribution in [-0.2, 0) is 9.59 Å². The Morgan fingerprint density at radius 1 is 0.935 bits per heavy atom. The van der Waals surface area contributed by atoms with Crippen LogP contribution in [0.4, 0.5) is 5.69 Å². The van der Waals surface area contributed by atoms with Gasteiger partial charge in [-0.15, -0.1) is 0 Å². The normalized spacial score (nSPS) is 18.7. The number of nitrogens with zero attached hydrogens (tertiary/aromatic N) is 1. The maximum Gasteiger partial charge on any atom is 0.232 e. The number of rotatable bonds is 5. The second-order valence-corrected chi connectivity index (χ2v) is 7.92. The smallest absolute Gasteiger partial charge is 0.232 e. The fourth-order valence-electron chi connectivity index (χ4n) is 4.65. The van der Waals surface area contributed by atoms with Crippen molar-refractivity contribution >= 4 is 17.4 Å². The Morgan fingerprint density at radius 2 is 1.65 bits per heavy atom. The molecule has 1 aliphatic carbocycles. The first-order chi connectivity index (χ1) is 15.0. The van der Waals surface area contributed by atoms with Gasteiger partial charge in [-0.3, -0.25) is 14.5 Å². The summed E-state index contributed by atoms with van der Waals surface area (Å²) in [6.45, 7) is 2.00. The predicted molar refractivity (Wildman–Crippen MR) is 118 cm³/mol. The SMILES string of the molecule is COc1cc([C@H]2CC(=O)N(c3cccc(C)c3)C3=C2C(=O)CCC3)cc(OC)c1OC. The van der Waals surface area contributed by atoms with Crippen molar-refractivity contribution in [2.75, 3.05) is 26.2 Å². The van der Waals surface area contributed by atoms with Crippen molar-refractivity contribution in [3.05, 3.63) is 58.8 Å². The topological polar surface area (TPSA) is 65.1 Å². The van der Waals surface area contributed by atoms with Crippen LogP contribution in [0.25, 0.3) is 0 Å². The van der Waals surface area contributed by atoms with Crippen LogP contribution in [0.5, 0.6) is 17.2 Å². The zero-order valence-corrected chi connectivity index (χ0v) is 18.4. The monoisotopic (exact) mass is 421 g/mol. The maximum atomic E-state index is 13.4. The predicted octanol–water partition coefficient (Wildman–Crippen LogP) is 4.55. The van der Waals surface area contributed by atoms with Crippen LogP contribution >= 0.6 is 0 Å². The van der Waals surface area contributed by atoms with Gasteiger partial charge in [-0.05, 0) is 55.2 Å². The Hall–Kier alpha value is -3.28. The molecule has 1 atom stereocenters. The second kappa shape index (κ2) is 8.46. The summed E-state index contributed by atoms with van der Waals surface area (Å²) >= 11 is 0. The molecule has 0 fully saturated rings. The average Bonchev–Trinajstić information content (AvgIpc) is 2.77. The molecule has 0 spiro atoms.